The van der Waals surface area contributed by atoms with E-state index in [4.69, 9.17) is 9.15 Å². The molecule has 0 N–H and O–H groups in total. The average molecular weight is 438 g/mol. The summed E-state index contributed by atoms with van der Waals surface area (Å²) in [4.78, 5) is 0. The molecule has 1 saturated heterocycles. The van der Waals surface area contributed by atoms with E-state index in [-0.39, 0.29) is 0 Å². The summed E-state index contributed by atoms with van der Waals surface area (Å²) in [7, 11) is 0. The Morgan fingerprint density at radius 1 is 0.875 bits per heavy atom. The number of ether oxygens (including phenoxy) is 1. The first kappa shape index (κ1) is 20.7. The Morgan fingerprint density at radius 2 is 1.62 bits per heavy atom. The molecule has 4 nitrogen and oxygen atoms in total. The predicted octanol–water partition coefficient (Wildman–Crippen LogP) is 5.93. The van der Waals surface area contributed by atoms with Gasteiger partial charge in [-0.1, -0.05) is 60.7 Å². The number of halogens is 3. The third-order valence-electron chi connectivity index (χ3n) is 6.19. The number of hydrogen-bond acceptors (Lipinski definition) is 4. The topological polar surface area (TPSA) is 48.2 Å². The molecule has 1 aliphatic heterocycles. The summed E-state index contributed by atoms with van der Waals surface area (Å²) in [6, 6.07) is 19.5. The zero-order chi connectivity index (χ0) is 22.2. The molecule has 0 spiro atoms. The lowest BCUT2D eigenvalue weighted by molar-refractivity contribution is -0.137. The van der Waals surface area contributed by atoms with Crippen LogP contribution in [0.25, 0.3) is 10.8 Å². The van der Waals surface area contributed by atoms with Crippen molar-refractivity contribution in [3.05, 3.63) is 95.2 Å². The maximum absolute atomic E-state index is 13.4. The van der Waals surface area contributed by atoms with E-state index in [1.165, 1.54) is 12.1 Å². The maximum atomic E-state index is 13.4. The van der Waals surface area contributed by atoms with E-state index in [1.807, 2.05) is 42.5 Å². The van der Waals surface area contributed by atoms with Gasteiger partial charge in [-0.25, -0.2) is 0 Å². The van der Waals surface area contributed by atoms with E-state index in [1.54, 1.807) is 6.07 Å². The fourth-order valence-corrected chi connectivity index (χ4v) is 4.47. The SMILES string of the molecule is FC(F)(F)c1cccc(C2(c3nnc(Cc4cccc5ccccc45)o3)CCOCC2)c1. The summed E-state index contributed by atoms with van der Waals surface area (Å²) in [5.41, 5.74) is 0.0921. The minimum atomic E-state index is -4.42. The van der Waals surface area contributed by atoms with Crippen LogP contribution >= 0.6 is 0 Å². The highest BCUT2D eigenvalue weighted by molar-refractivity contribution is 5.85. The molecule has 3 aromatic carbocycles. The first-order valence-electron chi connectivity index (χ1n) is 10.5. The molecule has 0 bridgehead atoms. The van der Waals surface area contributed by atoms with E-state index in [0.29, 0.717) is 49.8 Å². The van der Waals surface area contributed by atoms with Gasteiger partial charge in [0.15, 0.2) is 0 Å². The smallest absolute Gasteiger partial charge is 0.416 e. The lowest BCUT2D eigenvalue weighted by Gasteiger charge is -2.34. The molecule has 32 heavy (non-hydrogen) atoms. The monoisotopic (exact) mass is 438 g/mol. The third-order valence-corrected chi connectivity index (χ3v) is 6.19. The number of aromatic nitrogens is 2. The van der Waals surface area contributed by atoms with Gasteiger partial charge in [-0.05, 0) is 40.8 Å². The minimum absolute atomic E-state index is 0.343. The van der Waals surface area contributed by atoms with Crippen molar-refractivity contribution in [1.29, 1.82) is 0 Å². The van der Waals surface area contributed by atoms with Gasteiger partial charge in [0.2, 0.25) is 11.8 Å². The number of fused-ring (bicyclic) bond motifs is 1. The third kappa shape index (κ3) is 3.77. The van der Waals surface area contributed by atoms with E-state index in [2.05, 4.69) is 10.2 Å². The summed E-state index contributed by atoms with van der Waals surface area (Å²) in [5.74, 6) is 0.782. The van der Waals surface area contributed by atoms with Gasteiger partial charge in [-0.3, -0.25) is 0 Å². The van der Waals surface area contributed by atoms with Gasteiger partial charge < -0.3 is 9.15 Å². The molecule has 0 amide bonds. The van der Waals surface area contributed by atoms with E-state index >= 15 is 0 Å². The quantitative estimate of drug-likeness (QED) is 0.396. The largest absolute Gasteiger partial charge is 0.424 e. The van der Waals surface area contributed by atoms with Crippen molar-refractivity contribution in [3.63, 3.8) is 0 Å². The number of hydrogen-bond donors (Lipinski definition) is 0. The molecular weight excluding hydrogens is 417 g/mol. The van der Waals surface area contributed by atoms with Crippen LogP contribution in [-0.4, -0.2) is 23.4 Å². The van der Waals surface area contributed by atoms with Crippen LogP contribution in [0.2, 0.25) is 0 Å². The Labute approximate surface area is 183 Å². The fraction of sp³-hybridized carbons (Fsp3) is 0.280. The van der Waals surface area contributed by atoms with Crippen molar-refractivity contribution in [1.82, 2.24) is 10.2 Å². The van der Waals surface area contributed by atoms with Crippen LogP contribution in [0.15, 0.2) is 71.1 Å². The van der Waals surface area contributed by atoms with Crippen molar-refractivity contribution in [2.75, 3.05) is 13.2 Å². The van der Waals surface area contributed by atoms with Crippen molar-refractivity contribution in [2.45, 2.75) is 30.9 Å². The van der Waals surface area contributed by atoms with Crippen LogP contribution in [0.3, 0.4) is 0 Å². The summed E-state index contributed by atoms with van der Waals surface area (Å²) in [5, 5.41) is 10.8. The molecule has 0 radical (unpaired) electrons. The zero-order valence-corrected chi connectivity index (χ0v) is 17.2. The van der Waals surface area contributed by atoms with Gasteiger partial charge in [-0.15, -0.1) is 10.2 Å². The second kappa shape index (κ2) is 8.06. The number of rotatable bonds is 4. The molecule has 1 aliphatic rings. The standard InChI is InChI=1S/C25H21F3N2O2/c26-25(27,28)20-9-4-8-19(16-20)24(11-13-31-14-12-24)23-30-29-22(32-23)15-18-7-3-6-17-5-1-2-10-21(17)18/h1-10,16H,11-15H2. The van der Waals surface area contributed by atoms with Gasteiger partial charge in [0.1, 0.15) is 0 Å². The molecular formula is C25H21F3N2O2. The second-order valence-corrected chi connectivity index (χ2v) is 8.09. The molecule has 0 aliphatic carbocycles. The molecule has 0 saturated carbocycles. The van der Waals surface area contributed by atoms with Gasteiger partial charge in [-0.2, -0.15) is 13.2 Å². The van der Waals surface area contributed by atoms with Crippen LogP contribution in [0.4, 0.5) is 13.2 Å². The van der Waals surface area contributed by atoms with Gasteiger partial charge in [0.25, 0.3) is 0 Å². The van der Waals surface area contributed by atoms with Crippen LogP contribution in [0.5, 0.6) is 0 Å². The molecule has 4 aromatic rings. The highest BCUT2D eigenvalue weighted by Gasteiger charge is 2.42. The molecule has 7 heteroatoms. The zero-order valence-electron chi connectivity index (χ0n) is 17.2. The van der Waals surface area contributed by atoms with Crippen molar-refractivity contribution >= 4 is 10.8 Å². The number of alkyl halides is 3. The van der Waals surface area contributed by atoms with E-state index < -0.39 is 17.2 Å². The highest BCUT2D eigenvalue weighted by Crippen LogP contribution is 2.42. The fourth-order valence-electron chi connectivity index (χ4n) is 4.47. The van der Waals surface area contributed by atoms with Crippen molar-refractivity contribution in [3.8, 4) is 0 Å². The van der Waals surface area contributed by atoms with Crippen LogP contribution in [-0.2, 0) is 22.7 Å². The first-order valence-corrected chi connectivity index (χ1v) is 10.5. The Bertz CT molecular complexity index is 1240. The lowest BCUT2D eigenvalue weighted by atomic mass is 9.73. The van der Waals surface area contributed by atoms with Gasteiger partial charge in [0.05, 0.1) is 17.4 Å². The van der Waals surface area contributed by atoms with Crippen LogP contribution < -0.4 is 0 Å². The molecule has 1 aromatic heterocycles. The average Bonchev–Trinajstić information content (AvgIpc) is 3.28. The van der Waals surface area contributed by atoms with E-state index in [0.717, 1.165) is 22.4 Å². The van der Waals surface area contributed by atoms with Crippen molar-refractivity contribution in [2.24, 2.45) is 0 Å². The minimum Gasteiger partial charge on any atom is -0.424 e. The predicted molar refractivity (Wildman–Crippen MR) is 113 cm³/mol. The Kier molecular flexibility index (Phi) is 5.21. The summed E-state index contributed by atoms with van der Waals surface area (Å²) < 4.78 is 51.7. The number of nitrogens with zero attached hydrogens (tertiary/aromatic N) is 2. The first-order chi connectivity index (χ1) is 15.5. The highest BCUT2D eigenvalue weighted by atomic mass is 19.4. The summed E-state index contributed by atoms with van der Waals surface area (Å²) in [6.45, 7) is 0.828. The van der Waals surface area contributed by atoms with Crippen molar-refractivity contribution < 1.29 is 22.3 Å². The normalized spacial score (nSPS) is 16.3. The Hall–Kier alpha value is -3.19. The number of benzene rings is 3. The van der Waals surface area contributed by atoms with Gasteiger partial charge >= 0.3 is 6.18 Å². The molecule has 5 rings (SSSR count). The Morgan fingerprint density at radius 3 is 2.44 bits per heavy atom. The Balaban J connectivity index is 1.52. The van der Waals surface area contributed by atoms with E-state index in [9.17, 15) is 13.2 Å². The van der Waals surface area contributed by atoms with Crippen LogP contribution in [0.1, 0.15) is 41.3 Å². The lowest BCUT2D eigenvalue weighted by Crippen LogP contribution is -2.35. The molecule has 0 atom stereocenters. The van der Waals surface area contributed by atoms with Crippen LogP contribution in [0, 0.1) is 0 Å². The maximum Gasteiger partial charge on any atom is 0.416 e. The summed E-state index contributed by atoms with van der Waals surface area (Å²) >= 11 is 0. The summed E-state index contributed by atoms with van der Waals surface area (Å²) in [6.07, 6.45) is -3.02. The molecule has 1 fully saturated rings. The molecule has 0 unspecified atom stereocenters. The second-order valence-electron chi connectivity index (χ2n) is 8.09. The van der Waals surface area contributed by atoms with Gasteiger partial charge in [0, 0.05) is 13.2 Å². The molecule has 2 heterocycles. The molecule has 164 valence electrons.